The Morgan fingerprint density at radius 2 is 2.11 bits per heavy atom. The fourth-order valence-electron chi connectivity index (χ4n) is 2.76. The lowest BCUT2D eigenvalue weighted by Gasteiger charge is -2.28. The second kappa shape index (κ2) is 6.80. The summed E-state index contributed by atoms with van der Waals surface area (Å²) in [6, 6.07) is 7.24. The number of rotatable bonds is 5. The maximum Gasteiger partial charge on any atom is 0.227 e. The largest absolute Gasteiger partial charge is 0.508 e. The summed E-state index contributed by atoms with van der Waals surface area (Å²) in [5, 5.41) is 9.43. The van der Waals surface area contributed by atoms with Crippen LogP contribution in [0.5, 0.6) is 5.75 Å². The summed E-state index contributed by atoms with van der Waals surface area (Å²) in [6.45, 7) is 0.615. The number of phenols is 1. The first-order valence-corrected chi connectivity index (χ1v) is 7.37. The van der Waals surface area contributed by atoms with Crippen molar-refractivity contribution in [1.82, 2.24) is 4.90 Å². The molecule has 0 heterocycles. The number of halogens is 1. The molecule has 4 heteroatoms. The molecular formula is C15H20ClNO2. The molecule has 1 aliphatic carbocycles. The van der Waals surface area contributed by atoms with Crippen LogP contribution < -0.4 is 0 Å². The van der Waals surface area contributed by atoms with Gasteiger partial charge in [0.05, 0.1) is 6.42 Å². The van der Waals surface area contributed by atoms with Gasteiger partial charge < -0.3 is 10.0 Å². The second-order valence-corrected chi connectivity index (χ2v) is 5.44. The molecule has 0 unspecified atom stereocenters. The third-order valence-electron chi connectivity index (χ3n) is 3.68. The molecule has 1 aromatic carbocycles. The minimum Gasteiger partial charge on any atom is -0.508 e. The molecule has 0 spiro atoms. The molecule has 1 fully saturated rings. The third kappa shape index (κ3) is 3.87. The molecule has 1 N–H and O–H groups in total. The van der Waals surface area contributed by atoms with Crippen molar-refractivity contribution in [3.8, 4) is 5.75 Å². The average molecular weight is 282 g/mol. The van der Waals surface area contributed by atoms with Crippen molar-refractivity contribution in [1.29, 1.82) is 0 Å². The molecule has 0 saturated heterocycles. The Morgan fingerprint density at radius 1 is 1.37 bits per heavy atom. The van der Waals surface area contributed by atoms with Gasteiger partial charge >= 0.3 is 0 Å². The highest BCUT2D eigenvalue weighted by molar-refractivity contribution is 6.18. The number of carbonyl (C=O) groups excluding carboxylic acids is 1. The van der Waals surface area contributed by atoms with Crippen LogP contribution in [0.3, 0.4) is 0 Å². The number of benzene rings is 1. The highest BCUT2D eigenvalue weighted by atomic mass is 35.5. The molecule has 1 saturated carbocycles. The Balaban J connectivity index is 2.02. The minimum atomic E-state index is 0.109. The van der Waals surface area contributed by atoms with Gasteiger partial charge in [-0.05, 0) is 30.5 Å². The molecule has 0 aliphatic heterocycles. The molecule has 104 valence electrons. The van der Waals surface area contributed by atoms with E-state index in [1.165, 1.54) is 12.8 Å². The van der Waals surface area contributed by atoms with E-state index in [9.17, 15) is 9.90 Å². The topological polar surface area (TPSA) is 40.5 Å². The maximum atomic E-state index is 12.4. The van der Waals surface area contributed by atoms with E-state index in [1.54, 1.807) is 18.2 Å². The van der Waals surface area contributed by atoms with Gasteiger partial charge in [-0.15, -0.1) is 11.6 Å². The fourth-order valence-corrected chi connectivity index (χ4v) is 2.94. The first-order chi connectivity index (χ1) is 9.20. The van der Waals surface area contributed by atoms with Gasteiger partial charge in [0.25, 0.3) is 0 Å². The van der Waals surface area contributed by atoms with Crippen LogP contribution in [0.15, 0.2) is 24.3 Å². The molecule has 1 amide bonds. The zero-order valence-corrected chi connectivity index (χ0v) is 11.8. The van der Waals surface area contributed by atoms with Gasteiger partial charge in [-0.25, -0.2) is 0 Å². The van der Waals surface area contributed by atoms with Crippen LogP contribution in [-0.4, -0.2) is 34.4 Å². The molecule has 0 bridgehead atoms. The zero-order valence-electron chi connectivity index (χ0n) is 11.0. The molecule has 1 aliphatic rings. The van der Waals surface area contributed by atoms with E-state index in [0.29, 0.717) is 24.9 Å². The standard InChI is InChI=1S/C15H20ClNO2/c16-8-9-17(13-5-1-2-6-13)15(19)11-12-4-3-7-14(18)10-12/h3-4,7,10,13,18H,1-2,5-6,8-9,11H2. The predicted molar refractivity (Wildman–Crippen MR) is 76.5 cm³/mol. The second-order valence-electron chi connectivity index (χ2n) is 5.06. The number of hydrogen-bond donors (Lipinski definition) is 1. The van der Waals surface area contributed by atoms with Crippen molar-refractivity contribution in [3.05, 3.63) is 29.8 Å². The summed E-state index contributed by atoms with van der Waals surface area (Å²) in [4.78, 5) is 14.3. The van der Waals surface area contributed by atoms with E-state index in [0.717, 1.165) is 18.4 Å². The molecule has 3 nitrogen and oxygen atoms in total. The van der Waals surface area contributed by atoms with Gasteiger partial charge in [-0.1, -0.05) is 25.0 Å². The lowest BCUT2D eigenvalue weighted by molar-refractivity contribution is -0.132. The number of hydrogen-bond acceptors (Lipinski definition) is 2. The lowest BCUT2D eigenvalue weighted by Crippen LogP contribution is -2.41. The monoisotopic (exact) mass is 281 g/mol. The van der Waals surface area contributed by atoms with Gasteiger partial charge in [0.2, 0.25) is 5.91 Å². The molecule has 0 atom stereocenters. The highest BCUT2D eigenvalue weighted by Crippen LogP contribution is 2.24. The van der Waals surface area contributed by atoms with E-state index in [1.807, 2.05) is 11.0 Å². The van der Waals surface area contributed by atoms with Crippen LogP contribution in [0.25, 0.3) is 0 Å². The molecular weight excluding hydrogens is 262 g/mol. The van der Waals surface area contributed by atoms with Crippen LogP contribution in [0.1, 0.15) is 31.2 Å². The number of aromatic hydroxyl groups is 1. The van der Waals surface area contributed by atoms with Crippen LogP contribution >= 0.6 is 11.6 Å². The third-order valence-corrected chi connectivity index (χ3v) is 3.85. The molecule has 1 aromatic rings. The van der Waals surface area contributed by atoms with E-state index in [2.05, 4.69) is 0 Å². The van der Waals surface area contributed by atoms with E-state index in [4.69, 9.17) is 11.6 Å². The van der Waals surface area contributed by atoms with Crippen LogP contribution in [0, 0.1) is 0 Å². The molecule has 2 rings (SSSR count). The first-order valence-electron chi connectivity index (χ1n) is 6.84. The average Bonchev–Trinajstić information content (AvgIpc) is 2.89. The number of carbonyl (C=O) groups is 1. The van der Waals surface area contributed by atoms with Crippen molar-refractivity contribution in [2.45, 2.75) is 38.1 Å². The number of amides is 1. The van der Waals surface area contributed by atoms with Gasteiger partial charge in [0, 0.05) is 18.5 Å². The fraction of sp³-hybridized carbons (Fsp3) is 0.533. The van der Waals surface area contributed by atoms with Crippen LogP contribution in [0.2, 0.25) is 0 Å². The highest BCUT2D eigenvalue weighted by Gasteiger charge is 2.26. The Hall–Kier alpha value is -1.22. The van der Waals surface area contributed by atoms with Crippen LogP contribution in [-0.2, 0) is 11.2 Å². The van der Waals surface area contributed by atoms with E-state index in [-0.39, 0.29) is 11.7 Å². The summed E-state index contributed by atoms with van der Waals surface area (Å²) in [7, 11) is 0. The molecule has 0 aromatic heterocycles. The summed E-state index contributed by atoms with van der Waals surface area (Å²) < 4.78 is 0. The van der Waals surface area contributed by atoms with Crippen LogP contribution in [0.4, 0.5) is 0 Å². The summed E-state index contributed by atoms with van der Waals surface area (Å²) >= 11 is 5.81. The van der Waals surface area contributed by atoms with E-state index < -0.39 is 0 Å². The maximum absolute atomic E-state index is 12.4. The lowest BCUT2D eigenvalue weighted by atomic mass is 10.1. The predicted octanol–water partition coefficient (Wildman–Crippen LogP) is 2.94. The van der Waals surface area contributed by atoms with Gasteiger partial charge in [-0.3, -0.25) is 4.79 Å². The Bertz CT molecular complexity index is 430. The van der Waals surface area contributed by atoms with Gasteiger partial charge in [0.15, 0.2) is 0 Å². The zero-order chi connectivity index (χ0) is 13.7. The van der Waals surface area contributed by atoms with Gasteiger partial charge in [0.1, 0.15) is 5.75 Å². The Kier molecular flexibility index (Phi) is 5.08. The van der Waals surface area contributed by atoms with Crippen molar-refractivity contribution in [2.24, 2.45) is 0 Å². The summed E-state index contributed by atoms with van der Waals surface area (Å²) in [5.41, 5.74) is 0.850. The quantitative estimate of drug-likeness (QED) is 0.843. The first kappa shape index (κ1) is 14.2. The Morgan fingerprint density at radius 3 is 2.74 bits per heavy atom. The summed E-state index contributed by atoms with van der Waals surface area (Å²) in [6.07, 6.45) is 4.90. The molecule has 0 radical (unpaired) electrons. The van der Waals surface area contributed by atoms with Gasteiger partial charge in [-0.2, -0.15) is 0 Å². The number of nitrogens with zero attached hydrogens (tertiary/aromatic N) is 1. The van der Waals surface area contributed by atoms with Crippen molar-refractivity contribution >= 4 is 17.5 Å². The number of alkyl halides is 1. The minimum absolute atomic E-state index is 0.109. The number of phenolic OH excluding ortho intramolecular Hbond substituents is 1. The normalized spacial score (nSPS) is 15.6. The smallest absolute Gasteiger partial charge is 0.227 e. The van der Waals surface area contributed by atoms with Crippen molar-refractivity contribution in [3.63, 3.8) is 0 Å². The van der Waals surface area contributed by atoms with E-state index >= 15 is 0 Å². The molecule has 19 heavy (non-hydrogen) atoms. The van der Waals surface area contributed by atoms with Crippen molar-refractivity contribution in [2.75, 3.05) is 12.4 Å². The Labute approximate surface area is 119 Å². The SMILES string of the molecule is O=C(Cc1cccc(O)c1)N(CCCl)C1CCCC1. The van der Waals surface area contributed by atoms with Crippen molar-refractivity contribution < 1.29 is 9.90 Å². The summed E-state index contributed by atoms with van der Waals surface area (Å²) in [5.74, 6) is 0.788.